The highest BCUT2D eigenvalue weighted by molar-refractivity contribution is 6.31. The van der Waals surface area contributed by atoms with E-state index in [1.807, 2.05) is 55.5 Å². The van der Waals surface area contributed by atoms with Crippen molar-refractivity contribution in [3.8, 4) is 0 Å². The number of aromatic carboxylic acids is 1. The zero-order valence-corrected chi connectivity index (χ0v) is 18.5. The van der Waals surface area contributed by atoms with Gasteiger partial charge in [0.05, 0.1) is 12.2 Å². The van der Waals surface area contributed by atoms with Gasteiger partial charge in [0.15, 0.2) is 5.69 Å². The quantitative estimate of drug-likeness (QED) is 0.405. The molecule has 2 N–H and O–H groups in total. The molecule has 6 nitrogen and oxygen atoms in total. The topological polar surface area (TPSA) is 92.4 Å². The summed E-state index contributed by atoms with van der Waals surface area (Å²) in [6, 6.07) is 16.5. The fraction of sp³-hybridized carbons (Fsp3) is 0.240. The van der Waals surface area contributed by atoms with Gasteiger partial charge in [0, 0.05) is 23.4 Å². The van der Waals surface area contributed by atoms with E-state index in [0.29, 0.717) is 23.8 Å². The van der Waals surface area contributed by atoms with E-state index >= 15 is 0 Å². The fourth-order valence-corrected chi connectivity index (χ4v) is 3.68. The summed E-state index contributed by atoms with van der Waals surface area (Å²) in [7, 11) is 0. The van der Waals surface area contributed by atoms with Crippen molar-refractivity contribution in [2.45, 2.75) is 39.2 Å². The molecule has 32 heavy (non-hydrogen) atoms. The number of rotatable bonds is 10. The molecule has 0 saturated carbocycles. The number of hydrogen-bond acceptors (Lipinski definition) is 3. The molecule has 0 fully saturated rings. The summed E-state index contributed by atoms with van der Waals surface area (Å²) in [6.07, 6.45) is 3.92. The first-order valence-electron chi connectivity index (χ1n) is 10.4. The van der Waals surface area contributed by atoms with Crippen molar-refractivity contribution < 1.29 is 19.8 Å². The second-order valence-corrected chi connectivity index (χ2v) is 7.89. The first-order chi connectivity index (χ1) is 15.4. The van der Waals surface area contributed by atoms with Crippen molar-refractivity contribution in [2.24, 2.45) is 0 Å². The van der Waals surface area contributed by atoms with Crippen molar-refractivity contribution in [1.82, 2.24) is 9.55 Å². The number of benzene rings is 2. The Morgan fingerprint density at radius 3 is 2.38 bits per heavy atom. The first-order valence-corrected chi connectivity index (χ1v) is 10.8. The summed E-state index contributed by atoms with van der Waals surface area (Å²) in [5.41, 5.74) is 1.81. The maximum atomic E-state index is 12.0. The maximum Gasteiger partial charge on any atom is 0.356 e. The smallest absolute Gasteiger partial charge is 0.356 e. The number of imidazole rings is 1. The number of carboxylic acids is 2. The normalized spacial score (nSPS) is 11.5. The molecule has 0 radical (unpaired) electrons. The van der Waals surface area contributed by atoms with Gasteiger partial charge in [-0.05, 0) is 29.7 Å². The Hall–Kier alpha value is -3.38. The molecule has 166 valence electrons. The molecular formula is C25H25ClN2O4. The van der Waals surface area contributed by atoms with Crippen LogP contribution < -0.4 is 0 Å². The monoisotopic (exact) mass is 452 g/mol. The highest BCUT2D eigenvalue weighted by atomic mass is 35.5. The largest absolute Gasteiger partial charge is 0.478 e. The van der Waals surface area contributed by atoms with Gasteiger partial charge in [0.1, 0.15) is 5.82 Å². The number of halogens is 1. The lowest BCUT2D eigenvalue weighted by molar-refractivity contribution is -0.132. The van der Waals surface area contributed by atoms with Gasteiger partial charge in [-0.1, -0.05) is 73.5 Å². The summed E-state index contributed by atoms with van der Waals surface area (Å²) < 4.78 is 1.77. The van der Waals surface area contributed by atoms with Gasteiger partial charge in [-0.25, -0.2) is 14.6 Å². The molecule has 0 aliphatic heterocycles. The molecule has 0 saturated heterocycles. The fourth-order valence-electron chi connectivity index (χ4n) is 3.49. The number of aliphatic carboxylic acids is 1. The molecular weight excluding hydrogens is 428 g/mol. The standard InChI is InChI=1S/C25H25ClN2O4/c1-2-3-13-22-27-23(25(31)32)21(28(22)16-18-11-7-8-12-20(18)26)15-19(24(29)30)14-17-9-5-4-6-10-17/h4-12,15H,2-3,13-14,16H2,1H3,(H,29,30)(H,31,32)/b19-15+. The van der Waals surface area contributed by atoms with E-state index in [0.717, 1.165) is 24.0 Å². The van der Waals surface area contributed by atoms with E-state index in [1.54, 1.807) is 10.6 Å². The number of unbranched alkanes of at least 4 members (excludes halogenated alkanes) is 1. The van der Waals surface area contributed by atoms with Gasteiger partial charge in [-0.3, -0.25) is 0 Å². The van der Waals surface area contributed by atoms with E-state index in [4.69, 9.17) is 11.6 Å². The van der Waals surface area contributed by atoms with Gasteiger partial charge in [-0.15, -0.1) is 0 Å². The molecule has 1 aromatic heterocycles. The minimum atomic E-state index is -1.20. The van der Waals surface area contributed by atoms with Crippen LogP contribution in [0.2, 0.25) is 5.02 Å². The Morgan fingerprint density at radius 2 is 1.75 bits per heavy atom. The number of aromatic nitrogens is 2. The third-order valence-corrected chi connectivity index (χ3v) is 5.52. The van der Waals surface area contributed by atoms with Crippen molar-refractivity contribution in [3.63, 3.8) is 0 Å². The summed E-state index contributed by atoms with van der Waals surface area (Å²) in [4.78, 5) is 28.4. The average Bonchev–Trinajstić information content (AvgIpc) is 3.11. The summed E-state index contributed by atoms with van der Waals surface area (Å²) >= 11 is 6.36. The van der Waals surface area contributed by atoms with Crippen LogP contribution in [0.1, 0.15) is 52.9 Å². The van der Waals surface area contributed by atoms with E-state index < -0.39 is 11.9 Å². The van der Waals surface area contributed by atoms with E-state index in [1.165, 1.54) is 6.08 Å². The first kappa shape index (κ1) is 23.3. The van der Waals surface area contributed by atoms with Crippen LogP contribution in [-0.2, 0) is 24.2 Å². The molecule has 0 amide bonds. The molecule has 2 aromatic carbocycles. The Bertz CT molecular complexity index is 1140. The highest BCUT2D eigenvalue weighted by Gasteiger charge is 2.23. The molecule has 0 unspecified atom stereocenters. The zero-order valence-electron chi connectivity index (χ0n) is 17.8. The molecule has 0 spiro atoms. The van der Waals surface area contributed by atoms with Crippen LogP contribution in [0.4, 0.5) is 0 Å². The van der Waals surface area contributed by atoms with Crippen LogP contribution in [0.3, 0.4) is 0 Å². The van der Waals surface area contributed by atoms with Crippen LogP contribution >= 0.6 is 11.6 Å². The third-order valence-electron chi connectivity index (χ3n) is 5.15. The van der Waals surface area contributed by atoms with Crippen LogP contribution in [0.25, 0.3) is 6.08 Å². The van der Waals surface area contributed by atoms with Crippen molar-refractivity contribution in [3.05, 3.63) is 93.5 Å². The summed E-state index contributed by atoms with van der Waals surface area (Å²) in [6.45, 7) is 2.34. The number of hydrogen-bond donors (Lipinski definition) is 2. The van der Waals surface area contributed by atoms with Crippen LogP contribution in [0, 0.1) is 0 Å². The number of nitrogens with zero attached hydrogens (tertiary/aromatic N) is 2. The molecule has 7 heteroatoms. The van der Waals surface area contributed by atoms with Crippen molar-refractivity contribution in [1.29, 1.82) is 0 Å². The predicted octanol–water partition coefficient (Wildman–Crippen LogP) is 5.34. The lowest BCUT2D eigenvalue weighted by atomic mass is 10.0. The van der Waals surface area contributed by atoms with Gasteiger partial charge < -0.3 is 14.8 Å². The molecule has 0 atom stereocenters. The molecule has 3 rings (SSSR count). The van der Waals surface area contributed by atoms with Crippen LogP contribution in [0.5, 0.6) is 0 Å². The average molecular weight is 453 g/mol. The highest BCUT2D eigenvalue weighted by Crippen LogP contribution is 2.24. The Morgan fingerprint density at radius 1 is 1.06 bits per heavy atom. The molecule has 0 bridgehead atoms. The molecule has 1 heterocycles. The van der Waals surface area contributed by atoms with E-state index in [2.05, 4.69) is 4.98 Å². The lowest BCUT2D eigenvalue weighted by Crippen LogP contribution is -2.11. The maximum absolute atomic E-state index is 12.0. The van der Waals surface area contributed by atoms with Gasteiger partial charge in [-0.2, -0.15) is 0 Å². The summed E-state index contributed by atoms with van der Waals surface area (Å²) in [5, 5.41) is 20.2. The Labute approximate surface area is 191 Å². The molecule has 0 aliphatic carbocycles. The van der Waals surface area contributed by atoms with Gasteiger partial charge in [0.25, 0.3) is 0 Å². The number of aryl methyl sites for hydroxylation is 1. The zero-order chi connectivity index (χ0) is 23.1. The second-order valence-electron chi connectivity index (χ2n) is 7.49. The lowest BCUT2D eigenvalue weighted by Gasteiger charge is -2.13. The van der Waals surface area contributed by atoms with Crippen molar-refractivity contribution >= 4 is 29.6 Å². The van der Waals surface area contributed by atoms with E-state index in [9.17, 15) is 19.8 Å². The van der Waals surface area contributed by atoms with Crippen LogP contribution in [0.15, 0.2) is 60.2 Å². The number of carboxylic acid groups (broad SMARTS) is 2. The molecule has 3 aromatic rings. The minimum absolute atomic E-state index is 0.0843. The Kier molecular flexibility index (Phi) is 7.84. The van der Waals surface area contributed by atoms with Crippen molar-refractivity contribution in [2.75, 3.05) is 0 Å². The SMILES string of the molecule is CCCCc1nc(C(=O)O)c(/C=C(\Cc2ccccc2)C(=O)O)n1Cc1ccccc1Cl. The van der Waals surface area contributed by atoms with Crippen LogP contribution in [-0.4, -0.2) is 31.7 Å². The van der Waals surface area contributed by atoms with Gasteiger partial charge in [0.2, 0.25) is 0 Å². The van der Waals surface area contributed by atoms with E-state index in [-0.39, 0.29) is 23.4 Å². The Balaban J connectivity index is 2.15. The predicted molar refractivity (Wildman–Crippen MR) is 124 cm³/mol. The second kappa shape index (κ2) is 10.8. The summed E-state index contributed by atoms with van der Waals surface area (Å²) in [5.74, 6) is -1.71. The van der Waals surface area contributed by atoms with Gasteiger partial charge >= 0.3 is 11.9 Å². The third kappa shape index (κ3) is 5.65. The number of carbonyl (C=O) groups is 2. The molecule has 0 aliphatic rings. The minimum Gasteiger partial charge on any atom is -0.478 e.